The van der Waals surface area contributed by atoms with E-state index in [2.05, 4.69) is 0 Å². The van der Waals surface area contributed by atoms with E-state index in [1.807, 2.05) is 0 Å². The van der Waals surface area contributed by atoms with E-state index < -0.39 is 18.2 Å². The minimum Gasteiger partial charge on any atom is -0.465 e. The van der Waals surface area contributed by atoms with Gasteiger partial charge in [0.1, 0.15) is 0 Å². The second-order valence-electron chi connectivity index (χ2n) is 3.02. The van der Waals surface area contributed by atoms with E-state index in [1.165, 1.54) is 6.92 Å². The fraction of sp³-hybridized carbons (Fsp3) is 0.200. The summed E-state index contributed by atoms with van der Waals surface area (Å²) < 4.78 is 0. The van der Waals surface area contributed by atoms with Crippen LogP contribution in [-0.2, 0) is 0 Å². The van der Waals surface area contributed by atoms with Crippen molar-refractivity contribution in [2.75, 3.05) is 0 Å². The third kappa shape index (κ3) is 2.46. The van der Waals surface area contributed by atoms with Gasteiger partial charge in [0.2, 0.25) is 0 Å². The molecule has 0 spiro atoms. The van der Waals surface area contributed by atoms with E-state index >= 15 is 0 Å². The highest BCUT2D eigenvalue weighted by Gasteiger charge is 2.26. The van der Waals surface area contributed by atoms with Gasteiger partial charge < -0.3 is 10.2 Å². The van der Waals surface area contributed by atoms with Crippen molar-refractivity contribution in [3.63, 3.8) is 0 Å². The van der Waals surface area contributed by atoms with Gasteiger partial charge in [0.25, 0.3) is 0 Å². The lowest BCUT2D eigenvalue weighted by Gasteiger charge is -2.21. The molecule has 0 unspecified atom stereocenters. The SMILES string of the molecule is C[C@H](c1ccccc1)N(C(=O)O)C(=O)O. The Kier molecular flexibility index (Phi) is 3.28. The van der Waals surface area contributed by atoms with E-state index in [0.717, 1.165) is 0 Å². The van der Waals surface area contributed by atoms with Crippen molar-refractivity contribution in [2.24, 2.45) is 0 Å². The van der Waals surface area contributed by atoms with Gasteiger partial charge >= 0.3 is 12.2 Å². The number of amides is 2. The van der Waals surface area contributed by atoms with Crippen LogP contribution in [0.5, 0.6) is 0 Å². The Balaban J connectivity index is 2.96. The first kappa shape index (κ1) is 11.0. The summed E-state index contributed by atoms with van der Waals surface area (Å²) in [6.07, 6.45) is -2.95. The van der Waals surface area contributed by atoms with Gasteiger partial charge in [0, 0.05) is 0 Å². The number of carboxylic acid groups (broad SMARTS) is 2. The maximum absolute atomic E-state index is 10.7. The summed E-state index contributed by atoms with van der Waals surface area (Å²) in [4.78, 5) is 21.8. The van der Waals surface area contributed by atoms with Crippen molar-refractivity contribution >= 4 is 12.2 Å². The monoisotopic (exact) mass is 209 g/mol. The van der Waals surface area contributed by atoms with Gasteiger partial charge in [0.05, 0.1) is 6.04 Å². The zero-order chi connectivity index (χ0) is 11.4. The van der Waals surface area contributed by atoms with Crippen LogP contribution < -0.4 is 0 Å². The molecule has 0 bridgehead atoms. The fourth-order valence-electron chi connectivity index (χ4n) is 1.29. The van der Waals surface area contributed by atoms with Gasteiger partial charge in [-0.3, -0.25) is 0 Å². The zero-order valence-electron chi connectivity index (χ0n) is 8.12. The number of nitrogens with zero attached hydrogens (tertiary/aromatic N) is 1. The number of carbonyl (C=O) groups is 2. The lowest BCUT2D eigenvalue weighted by atomic mass is 10.1. The molecular formula is C10H11NO4. The summed E-state index contributed by atoms with van der Waals surface area (Å²) >= 11 is 0. The summed E-state index contributed by atoms with van der Waals surface area (Å²) in [5.41, 5.74) is 0.641. The molecule has 1 atom stereocenters. The Morgan fingerprint density at radius 2 is 1.60 bits per heavy atom. The van der Waals surface area contributed by atoms with Crippen molar-refractivity contribution < 1.29 is 19.8 Å². The molecule has 5 nitrogen and oxygen atoms in total. The second kappa shape index (κ2) is 4.45. The molecule has 0 saturated carbocycles. The van der Waals surface area contributed by atoms with Crippen LogP contribution in [0.1, 0.15) is 18.5 Å². The van der Waals surface area contributed by atoms with E-state index in [1.54, 1.807) is 30.3 Å². The summed E-state index contributed by atoms with van der Waals surface area (Å²) in [6, 6.07) is 7.90. The molecule has 0 saturated heterocycles. The first-order valence-corrected chi connectivity index (χ1v) is 4.34. The Morgan fingerprint density at radius 3 is 2.00 bits per heavy atom. The van der Waals surface area contributed by atoms with Crippen molar-refractivity contribution in [2.45, 2.75) is 13.0 Å². The highest BCUT2D eigenvalue weighted by molar-refractivity contribution is 5.86. The molecule has 5 heteroatoms. The van der Waals surface area contributed by atoms with Crippen molar-refractivity contribution in [1.29, 1.82) is 0 Å². The topological polar surface area (TPSA) is 77.8 Å². The van der Waals surface area contributed by atoms with E-state index in [0.29, 0.717) is 10.5 Å². The Morgan fingerprint density at radius 1 is 1.13 bits per heavy atom. The maximum atomic E-state index is 10.7. The number of hydrogen-bond acceptors (Lipinski definition) is 2. The number of imide groups is 1. The van der Waals surface area contributed by atoms with Gasteiger partial charge in [-0.25, -0.2) is 14.5 Å². The third-order valence-corrected chi connectivity index (χ3v) is 2.08. The Labute approximate surface area is 86.6 Å². The Hall–Kier alpha value is -2.04. The van der Waals surface area contributed by atoms with Crippen LogP contribution in [-0.4, -0.2) is 27.3 Å². The standard InChI is InChI=1S/C10H11NO4/c1-7(8-5-3-2-4-6-8)11(9(12)13)10(14)15/h2-7H,1H3,(H,12,13)(H,14,15)/t7-/m1/s1. The zero-order valence-corrected chi connectivity index (χ0v) is 8.12. The third-order valence-electron chi connectivity index (χ3n) is 2.08. The molecule has 0 aliphatic rings. The van der Waals surface area contributed by atoms with Crippen LogP contribution >= 0.6 is 0 Å². The van der Waals surface area contributed by atoms with Gasteiger partial charge in [-0.05, 0) is 12.5 Å². The summed E-state index contributed by atoms with van der Waals surface area (Å²) in [5, 5.41) is 17.4. The van der Waals surface area contributed by atoms with Gasteiger partial charge in [-0.15, -0.1) is 0 Å². The lowest BCUT2D eigenvalue weighted by molar-refractivity contribution is 0.109. The molecule has 2 amide bonds. The average molecular weight is 209 g/mol. The minimum absolute atomic E-state index is 0.370. The molecule has 0 aliphatic carbocycles. The Bertz CT molecular complexity index is 349. The number of rotatable bonds is 2. The van der Waals surface area contributed by atoms with E-state index in [9.17, 15) is 9.59 Å². The maximum Gasteiger partial charge on any atom is 0.417 e. The normalized spacial score (nSPS) is 11.8. The smallest absolute Gasteiger partial charge is 0.417 e. The minimum atomic E-state index is -1.47. The molecule has 80 valence electrons. The molecule has 2 N–H and O–H groups in total. The second-order valence-corrected chi connectivity index (χ2v) is 3.02. The van der Waals surface area contributed by atoms with Crippen molar-refractivity contribution in [3.05, 3.63) is 35.9 Å². The van der Waals surface area contributed by atoms with Crippen LogP contribution in [0.3, 0.4) is 0 Å². The number of hydrogen-bond donors (Lipinski definition) is 2. The van der Waals surface area contributed by atoms with Gasteiger partial charge in [-0.1, -0.05) is 30.3 Å². The largest absolute Gasteiger partial charge is 0.465 e. The molecular weight excluding hydrogens is 198 g/mol. The van der Waals surface area contributed by atoms with Crippen LogP contribution in [0.25, 0.3) is 0 Å². The van der Waals surface area contributed by atoms with Gasteiger partial charge in [-0.2, -0.15) is 0 Å². The molecule has 1 rings (SSSR count). The molecule has 0 heterocycles. The highest BCUT2D eigenvalue weighted by Crippen LogP contribution is 2.19. The first-order chi connectivity index (χ1) is 7.04. The fourth-order valence-corrected chi connectivity index (χ4v) is 1.29. The first-order valence-electron chi connectivity index (χ1n) is 4.34. The number of benzene rings is 1. The predicted octanol–water partition coefficient (Wildman–Crippen LogP) is 2.41. The molecule has 0 aliphatic heterocycles. The summed E-state index contributed by atoms with van der Waals surface area (Å²) in [6.45, 7) is 1.53. The van der Waals surface area contributed by atoms with Crippen LogP contribution in [0.2, 0.25) is 0 Å². The molecule has 0 fully saturated rings. The summed E-state index contributed by atoms with van der Waals surface area (Å²) in [5.74, 6) is 0. The van der Waals surface area contributed by atoms with Crippen LogP contribution in [0.4, 0.5) is 9.59 Å². The molecule has 1 aromatic rings. The van der Waals surface area contributed by atoms with E-state index in [4.69, 9.17) is 10.2 Å². The quantitative estimate of drug-likeness (QED) is 0.783. The van der Waals surface area contributed by atoms with Crippen molar-refractivity contribution in [1.82, 2.24) is 4.90 Å². The average Bonchev–Trinajstić information content (AvgIpc) is 2.18. The molecule has 0 radical (unpaired) electrons. The van der Waals surface area contributed by atoms with Crippen molar-refractivity contribution in [3.8, 4) is 0 Å². The van der Waals surface area contributed by atoms with E-state index in [-0.39, 0.29) is 0 Å². The van der Waals surface area contributed by atoms with Gasteiger partial charge in [0.15, 0.2) is 0 Å². The highest BCUT2D eigenvalue weighted by atomic mass is 16.4. The van der Waals surface area contributed by atoms with Crippen LogP contribution in [0.15, 0.2) is 30.3 Å². The lowest BCUT2D eigenvalue weighted by Crippen LogP contribution is -2.36. The molecule has 0 aromatic heterocycles. The predicted molar refractivity (Wildman–Crippen MR) is 52.7 cm³/mol. The molecule has 15 heavy (non-hydrogen) atoms. The summed E-state index contributed by atoms with van der Waals surface area (Å²) in [7, 11) is 0. The molecule has 1 aromatic carbocycles. The van der Waals surface area contributed by atoms with Crippen LogP contribution in [0, 0.1) is 0 Å².